The van der Waals surface area contributed by atoms with E-state index in [-0.39, 0.29) is 23.0 Å². The summed E-state index contributed by atoms with van der Waals surface area (Å²) in [4.78, 5) is 36.5. The molecule has 0 unspecified atom stereocenters. The summed E-state index contributed by atoms with van der Waals surface area (Å²) in [5.41, 5.74) is 1.80. The molecule has 1 spiro atoms. The summed E-state index contributed by atoms with van der Waals surface area (Å²) in [6, 6.07) is 4.34. The van der Waals surface area contributed by atoms with E-state index < -0.39 is 0 Å². The van der Waals surface area contributed by atoms with E-state index in [1.54, 1.807) is 11.3 Å². The molecule has 1 saturated heterocycles. The van der Waals surface area contributed by atoms with E-state index in [9.17, 15) is 9.59 Å². The third-order valence-electron chi connectivity index (χ3n) is 6.70. The molecule has 160 valence electrons. The summed E-state index contributed by atoms with van der Waals surface area (Å²) in [7, 11) is 0. The van der Waals surface area contributed by atoms with Gasteiger partial charge < -0.3 is 10.2 Å². The Morgan fingerprint density at radius 2 is 2.13 bits per heavy atom. The Morgan fingerprint density at radius 1 is 1.30 bits per heavy atom. The van der Waals surface area contributed by atoms with Gasteiger partial charge in [-0.3, -0.25) is 14.3 Å². The van der Waals surface area contributed by atoms with Gasteiger partial charge in [-0.15, -0.1) is 11.3 Å². The predicted octanol–water partition coefficient (Wildman–Crippen LogP) is 2.33. The maximum Gasteiger partial charge on any atom is 0.317 e. The van der Waals surface area contributed by atoms with Gasteiger partial charge in [0.05, 0.1) is 11.3 Å². The summed E-state index contributed by atoms with van der Waals surface area (Å²) in [6.07, 6.45) is 2.59. The number of carbonyl (C=O) groups excluding carboxylic acids is 1. The smallest absolute Gasteiger partial charge is 0.317 e. The second-order valence-corrected chi connectivity index (χ2v) is 10.2. The zero-order chi connectivity index (χ0) is 20.9. The summed E-state index contributed by atoms with van der Waals surface area (Å²) in [6.45, 7) is 8.53. The SMILES string of the molecule is CC(C)NC(=O)N1CC[C@@]2(CCn3c2nc2c(c3=O)CN(Cc3cccs3)CC2)C1. The van der Waals surface area contributed by atoms with Gasteiger partial charge in [-0.05, 0) is 38.1 Å². The number of aromatic nitrogens is 2. The zero-order valence-corrected chi connectivity index (χ0v) is 18.5. The van der Waals surface area contributed by atoms with Crippen LogP contribution in [-0.4, -0.2) is 51.1 Å². The number of hydrogen-bond acceptors (Lipinski definition) is 5. The van der Waals surface area contributed by atoms with Crippen molar-refractivity contribution in [3.63, 3.8) is 0 Å². The lowest BCUT2D eigenvalue weighted by molar-refractivity contribution is 0.202. The van der Waals surface area contributed by atoms with Crippen molar-refractivity contribution >= 4 is 17.4 Å². The summed E-state index contributed by atoms with van der Waals surface area (Å²) < 4.78 is 1.90. The minimum atomic E-state index is -0.170. The molecule has 3 aliphatic rings. The van der Waals surface area contributed by atoms with Crippen molar-refractivity contribution < 1.29 is 4.79 Å². The van der Waals surface area contributed by atoms with Gasteiger partial charge in [-0.2, -0.15) is 0 Å². The second kappa shape index (κ2) is 7.50. The van der Waals surface area contributed by atoms with Crippen LogP contribution in [-0.2, 0) is 31.5 Å². The number of likely N-dealkylation sites (tertiary alicyclic amines) is 1. The van der Waals surface area contributed by atoms with Crippen LogP contribution in [0, 0.1) is 0 Å². The molecular formula is C22H29N5O2S. The number of carbonyl (C=O) groups is 1. The monoisotopic (exact) mass is 427 g/mol. The first-order valence-electron chi connectivity index (χ1n) is 10.9. The molecule has 0 aromatic carbocycles. The lowest BCUT2D eigenvalue weighted by Crippen LogP contribution is -2.43. The van der Waals surface area contributed by atoms with Crippen molar-refractivity contribution in [3.8, 4) is 0 Å². The molecule has 2 amide bonds. The Balaban J connectivity index is 1.39. The van der Waals surface area contributed by atoms with Crippen LogP contribution in [0.1, 0.15) is 48.6 Å². The van der Waals surface area contributed by atoms with Gasteiger partial charge in [0.25, 0.3) is 5.56 Å². The van der Waals surface area contributed by atoms with Gasteiger partial charge in [-0.25, -0.2) is 9.78 Å². The largest absolute Gasteiger partial charge is 0.336 e. The quantitative estimate of drug-likeness (QED) is 0.816. The fourth-order valence-corrected chi connectivity index (χ4v) is 5.90. The predicted molar refractivity (Wildman–Crippen MR) is 117 cm³/mol. The van der Waals surface area contributed by atoms with E-state index in [1.807, 2.05) is 23.3 Å². The highest BCUT2D eigenvalue weighted by molar-refractivity contribution is 7.09. The second-order valence-electron chi connectivity index (χ2n) is 9.16. The molecule has 5 rings (SSSR count). The molecule has 2 aromatic rings. The third-order valence-corrected chi connectivity index (χ3v) is 7.56. The van der Waals surface area contributed by atoms with Crippen LogP contribution >= 0.6 is 11.3 Å². The first-order valence-corrected chi connectivity index (χ1v) is 11.8. The zero-order valence-electron chi connectivity index (χ0n) is 17.7. The van der Waals surface area contributed by atoms with Gasteiger partial charge in [0.1, 0.15) is 5.82 Å². The van der Waals surface area contributed by atoms with Crippen LogP contribution < -0.4 is 10.9 Å². The van der Waals surface area contributed by atoms with E-state index in [1.165, 1.54) is 4.88 Å². The van der Waals surface area contributed by atoms with Crippen molar-refractivity contribution in [1.29, 1.82) is 0 Å². The number of fused-ring (bicyclic) bond motifs is 3. The van der Waals surface area contributed by atoms with Crippen LogP contribution in [0.2, 0.25) is 0 Å². The minimum absolute atomic E-state index is 0.00940. The van der Waals surface area contributed by atoms with Gasteiger partial charge >= 0.3 is 6.03 Å². The lowest BCUT2D eigenvalue weighted by Gasteiger charge is -2.29. The Morgan fingerprint density at radius 3 is 2.90 bits per heavy atom. The third kappa shape index (κ3) is 3.36. The van der Waals surface area contributed by atoms with Gasteiger partial charge in [0.15, 0.2) is 0 Å². The van der Waals surface area contributed by atoms with Crippen molar-refractivity contribution in [3.05, 3.63) is 49.8 Å². The van der Waals surface area contributed by atoms with E-state index in [0.29, 0.717) is 19.6 Å². The molecule has 30 heavy (non-hydrogen) atoms. The number of nitrogens with zero attached hydrogens (tertiary/aromatic N) is 4. The number of amides is 2. The van der Waals surface area contributed by atoms with E-state index >= 15 is 0 Å². The molecule has 5 heterocycles. The van der Waals surface area contributed by atoms with Crippen molar-refractivity contribution in [1.82, 2.24) is 24.7 Å². The Kier molecular flexibility index (Phi) is 4.94. The maximum atomic E-state index is 13.4. The fraction of sp³-hybridized carbons (Fsp3) is 0.591. The molecule has 0 aliphatic carbocycles. The topological polar surface area (TPSA) is 70.5 Å². The van der Waals surface area contributed by atoms with E-state index in [0.717, 1.165) is 56.0 Å². The molecular weight excluding hydrogens is 398 g/mol. The highest BCUT2D eigenvalue weighted by atomic mass is 32.1. The number of rotatable bonds is 3. The van der Waals surface area contributed by atoms with E-state index in [2.05, 4.69) is 27.7 Å². The number of urea groups is 1. The molecule has 2 aromatic heterocycles. The first-order chi connectivity index (χ1) is 14.4. The van der Waals surface area contributed by atoms with Crippen molar-refractivity contribution in [2.45, 2.75) is 64.2 Å². The molecule has 1 fully saturated rings. The van der Waals surface area contributed by atoms with Gasteiger partial charge in [0, 0.05) is 62.0 Å². The Labute approximate surface area is 180 Å². The van der Waals surface area contributed by atoms with Crippen molar-refractivity contribution in [2.24, 2.45) is 0 Å². The molecule has 1 N–H and O–H groups in total. The lowest BCUT2D eigenvalue weighted by atomic mass is 9.85. The van der Waals surface area contributed by atoms with Crippen molar-refractivity contribution in [2.75, 3.05) is 19.6 Å². The molecule has 0 bridgehead atoms. The molecule has 0 saturated carbocycles. The highest BCUT2D eigenvalue weighted by Gasteiger charge is 2.48. The maximum absolute atomic E-state index is 13.4. The number of hydrogen-bond donors (Lipinski definition) is 1. The first kappa shape index (κ1) is 19.8. The van der Waals surface area contributed by atoms with E-state index in [4.69, 9.17) is 4.98 Å². The van der Waals surface area contributed by atoms with Crippen LogP contribution in [0.25, 0.3) is 0 Å². The molecule has 0 radical (unpaired) electrons. The normalized spacial score (nSPS) is 23.2. The standard InChI is InChI=1S/C22H29N5O2S/c1-15(2)23-21(29)26-9-6-22(14-26)7-10-27-19(28)17-13-25(12-16-4-3-11-30-16)8-5-18(17)24-20(22)27/h3-4,11,15H,5-10,12-14H2,1-2H3,(H,23,29)/t22-/m1/s1. The molecule has 8 heteroatoms. The van der Waals surface area contributed by atoms with Crippen LogP contribution in [0.5, 0.6) is 0 Å². The highest BCUT2D eigenvalue weighted by Crippen LogP contribution is 2.41. The summed E-state index contributed by atoms with van der Waals surface area (Å²) in [5, 5.41) is 5.09. The minimum Gasteiger partial charge on any atom is -0.336 e. The Bertz CT molecular complexity index is 1020. The fourth-order valence-electron chi connectivity index (χ4n) is 5.15. The van der Waals surface area contributed by atoms with Gasteiger partial charge in [0.2, 0.25) is 0 Å². The molecule has 3 aliphatic heterocycles. The average Bonchev–Trinajstić information content (AvgIpc) is 3.44. The van der Waals surface area contributed by atoms with Crippen LogP contribution in [0.15, 0.2) is 22.3 Å². The van der Waals surface area contributed by atoms with Gasteiger partial charge in [-0.1, -0.05) is 6.07 Å². The molecule has 7 nitrogen and oxygen atoms in total. The average molecular weight is 428 g/mol. The van der Waals surface area contributed by atoms with Crippen LogP contribution in [0.4, 0.5) is 4.79 Å². The Hall–Kier alpha value is -2.19. The number of nitrogens with one attached hydrogen (secondary N) is 1. The number of thiophene rings is 1. The molecule has 1 atom stereocenters. The summed E-state index contributed by atoms with van der Waals surface area (Å²) >= 11 is 1.76. The summed E-state index contributed by atoms with van der Waals surface area (Å²) in [5.74, 6) is 0.915. The van der Waals surface area contributed by atoms with Crippen LogP contribution in [0.3, 0.4) is 0 Å².